The van der Waals surface area contributed by atoms with E-state index in [1.807, 2.05) is 0 Å². The van der Waals surface area contributed by atoms with Gasteiger partial charge >= 0.3 is 0 Å². The molecule has 2 nitrogen and oxygen atoms in total. The van der Waals surface area contributed by atoms with Gasteiger partial charge in [-0.2, -0.15) is 0 Å². The largest absolute Gasteiger partial charge is 0.339 e. The molecule has 0 spiro atoms. The molecule has 0 saturated heterocycles. The first-order valence-electron chi connectivity index (χ1n) is 6.11. The smallest absolute Gasteiger partial charge is 0.225 e. The molecule has 15 heavy (non-hydrogen) atoms. The van der Waals surface area contributed by atoms with Crippen LogP contribution in [0.4, 0.5) is 0 Å². The van der Waals surface area contributed by atoms with E-state index in [0.29, 0.717) is 17.9 Å². The van der Waals surface area contributed by atoms with E-state index in [2.05, 4.69) is 34.7 Å². The molecule has 0 radical (unpaired) electrons. The van der Waals surface area contributed by atoms with Crippen molar-refractivity contribution < 1.29 is 4.79 Å². The standard InChI is InChI=1S/C12H22BrNO/c1-3-11(4-2)14(9-8-13)12(15)10-6-5-7-10/h10-11H,3-9H2,1-2H3. The van der Waals surface area contributed by atoms with Gasteiger partial charge in [0.25, 0.3) is 0 Å². The van der Waals surface area contributed by atoms with Crippen LogP contribution in [0.15, 0.2) is 0 Å². The minimum absolute atomic E-state index is 0.338. The van der Waals surface area contributed by atoms with Crippen molar-refractivity contribution in [2.24, 2.45) is 5.92 Å². The maximum atomic E-state index is 12.2. The molecule has 1 fully saturated rings. The third-order valence-electron chi connectivity index (χ3n) is 3.45. The number of hydrogen-bond donors (Lipinski definition) is 0. The summed E-state index contributed by atoms with van der Waals surface area (Å²) in [4.78, 5) is 14.3. The average Bonchev–Trinajstić information content (AvgIpc) is 2.15. The van der Waals surface area contributed by atoms with Crippen molar-refractivity contribution in [3.63, 3.8) is 0 Å². The van der Waals surface area contributed by atoms with Crippen LogP contribution < -0.4 is 0 Å². The van der Waals surface area contributed by atoms with E-state index < -0.39 is 0 Å². The number of rotatable bonds is 6. The van der Waals surface area contributed by atoms with Gasteiger partial charge in [-0.25, -0.2) is 0 Å². The molecule has 1 amide bonds. The second kappa shape index (κ2) is 6.51. The molecule has 0 heterocycles. The molecule has 1 saturated carbocycles. The number of alkyl halides is 1. The van der Waals surface area contributed by atoms with Gasteiger partial charge in [0.1, 0.15) is 0 Å². The van der Waals surface area contributed by atoms with Gasteiger partial charge in [-0.05, 0) is 25.7 Å². The summed E-state index contributed by atoms with van der Waals surface area (Å²) in [6.45, 7) is 5.20. The fraction of sp³-hybridized carbons (Fsp3) is 0.917. The van der Waals surface area contributed by atoms with Gasteiger partial charge in [0, 0.05) is 23.8 Å². The molecule has 0 aromatic carbocycles. The lowest BCUT2D eigenvalue weighted by molar-refractivity contribution is -0.140. The van der Waals surface area contributed by atoms with Crippen LogP contribution >= 0.6 is 15.9 Å². The van der Waals surface area contributed by atoms with E-state index in [1.54, 1.807) is 0 Å². The van der Waals surface area contributed by atoms with Crippen molar-refractivity contribution in [1.29, 1.82) is 0 Å². The third kappa shape index (κ3) is 3.20. The topological polar surface area (TPSA) is 20.3 Å². The lowest BCUT2D eigenvalue weighted by atomic mass is 9.84. The summed E-state index contributed by atoms with van der Waals surface area (Å²) in [5.41, 5.74) is 0. The highest BCUT2D eigenvalue weighted by atomic mass is 79.9. The molecule has 88 valence electrons. The van der Waals surface area contributed by atoms with Crippen molar-refractivity contribution in [2.75, 3.05) is 11.9 Å². The first-order valence-corrected chi connectivity index (χ1v) is 7.23. The SMILES string of the molecule is CCC(CC)N(CCBr)C(=O)C1CCC1. The van der Waals surface area contributed by atoms with E-state index in [-0.39, 0.29) is 0 Å². The van der Waals surface area contributed by atoms with E-state index >= 15 is 0 Å². The van der Waals surface area contributed by atoms with Crippen molar-refractivity contribution in [2.45, 2.75) is 52.0 Å². The Labute approximate surface area is 102 Å². The third-order valence-corrected chi connectivity index (χ3v) is 3.80. The van der Waals surface area contributed by atoms with E-state index in [4.69, 9.17) is 0 Å². The molecule has 0 atom stereocenters. The van der Waals surface area contributed by atoms with Crippen LogP contribution in [0.2, 0.25) is 0 Å². The zero-order valence-corrected chi connectivity index (χ0v) is 11.4. The van der Waals surface area contributed by atoms with Crippen LogP contribution in [-0.4, -0.2) is 28.7 Å². The summed E-state index contributed by atoms with van der Waals surface area (Å²) in [5, 5.41) is 0.891. The van der Waals surface area contributed by atoms with Crippen molar-refractivity contribution >= 4 is 21.8 Å². The van der Waals surface area contributed by atoms with Gasteiger partial charge in [0.15, 0.2) is 0 Å². The average molecular weight is 276 g/mol. The molecule has 1 aliphatic carbocycles. The summed E-state index contributed by atoms with van der Waals surface area (Å²) < 4.78 is 0. The fourth-order valence-corrected chi connectivity index (χ4v) is 2.56. The zero-order valence-electron chi connectivity index (χ0n) is 9.84. The van der Waals surface area contributed by atoms with Crippen LogP contribution in [0, 0.1) is 5.92 Å². The van der Waals surface area contributed by atoms with Crippen molar-refractivity contribution in [1.82, 2.24) is 4.90 Å². The van der Waals surface area contributed by atoms with Crippen LogP contribution in [0.25, 0.3) is 0 Å². The minimum atomic E-state index is 0.338. The van der Waals surface area contributed by atoms with Gasteiger partial charge in [-0.1, -0.05) is 36.2 Å². The highest BCUT2D eigenvalue weighted by molar-refractivity contribution is 9.09. The van der Waals surface area contributed by atoms with Crippen LogP contribution in [0.1, 0.15) is 46.0 Å². The molecule has 3 heteroatoms. The monoisotopic (exact) mass is 275 g/mol. The van der Waals surface area contributed by atoms with Gasteiger partial charge in [0.2, 0.25) is 5.91 Å². The molecule has 1 rings (SSSR count). The van der Waals surface area contributed by atoms with Crippen LogP contribution in [0.3, 0.4) is 0 Å². The summed E-state index contributed by atoms with van der Waals surface area (Å²) in [6, 6.07) is 0.440. The molecule has 0 aliphatic heterocycles. The highest BCUT2D eigenvalue weighted by Gasteiger charge is 2.31. The maximum absolute atomic E-state index is 12.2. The van der Waals surface area contributed by atoms with Gasteiger partial charge < -0.3 is 4.90 Å². The Morgan fingerprint density at radius 3 is 2.33 bits per heavy atom. The Hall–Kier alpha value is -0.0500. The van der Waals surface area contributed by atoms with Crippen molar-refractivity contribution in [3.05, 3.63) is 0 Å². The Morgan fingerprint density at radius 1 is 1.40 bits per heavy atom. The lowest BCUT2D eigenvalue weighted by Gasteiger charge is -2.36. The second-order valence-electron chi connectivity index (χ2n) is 4.32. The van der Waals surface area contributed by atoms with Crippen LogP contribution in [0.5, 0.6) is 0 Å². The summed E-state index contributed by atoms with van der Waals surface area (Å²) in [6.07, 6.45) is 5.60. The number of nitrogens with zero attached hydrogens (tertiary/aromatic N) is 1. The molecule has 1 aliphatic rings. The van der Waals surface area contributed by atoms with E-state index in [9.17, 15) is 4.79 Å². The Morgan fingerprint density at radius 2 is 2.00 bits per heavy atom. The predicted octanol–water partition coefficient (Wildman–Crippen LogP) is 3.20. The second-order valence-corrected chi connectivity index (χ2v) is 5.11. The first-order chi connectivity index (χ1) is 7.24. The number of carbonyl (C=O) groups is 1. The highest BCUT2D eigenvalue weighted by Crippen LogP contribution is 2.29. The molecule has 0 aromatic rings. The minimum Gasteiger partial charge on any atom is -0.339 e. The molecule has 0 aromatic heterocycles. The molecular weight excluding hydrogens is 254 g/mol. The van der Waals surface area contributed by atoms with Crippen molar-refractivity contribution in [3.8, 4) is 0 Å². The maximum Gasteiger partial charge on any atom is 0.225 e. The summed E-state index contributed by atoms with van der Waals surface area (Å²) in [5.74, 6) is 0.735. The Bertz CT molecular complexity index is 200. The Balaban J connectivity index is 2.57. The number of amides is 1. The van der Waals surface area contributed by atoms with E-state index in [0.717, 1.165) is 37.6 Å². The molecule has 0 N–H and O–H groups in total. The summed E-state index contributed by atoms with van der Waals surface area (Å²) >= 11 is 3.44. The fourth-order valence-electron chi connectivity index (χ4n) is 2.18. The van der Waals surface area contributed by atoms with Gasteiger partial charge in [-0.15, -0.1) is 0 Å². The van der Waals surface area contributed by atoms with Gasteiger partial charge in [-0.3, -0.25) is 4.79 Å². The molecule has 0 unspecified atom stereocenters. The zero-order chi connectivity index (χ0) is 11.3. The summed E-state index contributed by atoms with van der Waals surface area (Å²) in [7, 11) is 0. The number of hydrogen-bond acceptors (Lipinski definition) is 1. The predicted molar refractivity (Wildman–Crippen MR) is 67.2 cm³/mol. The van der Waals surface area contributed by atoms with Gasteiger partial charge in [0.05, 0.1) is 0 Å². The molecule has 0 bridgehead atoms. The number of carbonyl (C=O) groups excluding carboxylic acids is 1. The quantitative estimate of drug-likeness (QED) is 0.682. The van der Waals surface area contributed by atoms with Crippen LogP contribution in [-0.2, 0) is 4.79 Å². The first kappa shape index (κ1) is 13.0. The van der Waals surface area contributed by atoms with E-state index in [1.165, 1.54) is 6.42 Å². The molecular formula is C12H22BrNO. The lowest BCUT2D eigenvalue weighted by Crippen LogP contribution is -2.45. The Kier molecular flexibility index (Phi) is 5.65. The normalized spacial score (nSPS) is 16.5. The number of halogens is 1.